The molecule has 1 N–H and O–H groups in total. The molecule has 3 aromatic rings. The maximum atomic E-state index is 4.65. The topological polar surface area (TPSA) is 50.7 Å². The monoisotopic (exact) mass is 396 g/mol. The standard InChI is InChI=1S/C26H28N4/c1-3-5-6-7-8-11-16-28-26-29-19-21(20-30-26)18-25-24(15-12-17-27-25)23-14-10-9-13-22(23)4-2/h3,5-6,8-15,17,19-20H,1,4,7,16,18H2,2H3,(H,28,29,30)/b6-5-,11-8+. The summed E-state index contributed by atoms with van der Waals surface area (Å²) in [4.78, 5) is 13.5. The van der Waals surface area contributed by atoms with Crippen LogP contribution in [0.3, 0.4) is 0 Å². The summed E-state index contributed by atoms with van der Waals surface area (Å²) in [5.74, 6) is 0.627. The van der Waals surface area contributed by atoms with E-state index in [1.807, 2.05) is 30.7 Å². The minimum atomic E-state index is 0.627. The van der Waals surface area contributed by atoms with E-state index >= 15 is 0 Å². The van der Waals surface area contributed by atoms with Gasteiger partial charge >= 0.3 is 0 Å². The Morgan fingerprint density at radius 1 is 0.933 bits per heavy atom. The summed E-state index contributed by atoms with van der Waals surface area (Å²) in [7, 11) is 0. The van der Waals surface area contributed by atoms with E-state index in [0.29, 0.717) is 18.9 Å². The predicted octanol–water partition coefficient (Wildman–Crippen LogP) is 5.79. The average Bonchev–Trinajstić information content (AvgIpc) is 2.80. The number of nitrogens with one attached hydrogen (secondary N) is 1. The first-order chi connectivity index (χ1) is 14.8. The Balaban J connectivity index is 1.65. The van der Waals surface area contributed by atoms with Crippen LogP contribution in [0, 0.1) is 0 Å². The zero-order valence-corrected chi connectivity index (χ0v) is 17.5. The molecule has 152 valence electrons. The lowest BCUT2D eigenvalue weighted by atomic mass is 9.95. The quantitative estimate of drug-likeness (QED) is 0.348. The van der Waals surface area contributed by atoms with Gasteiger partial charge in [0, 0.05) is 37.1 Å². The summed E-state index contributed by atoms with van der Waals surface area (Å²) < 4.78 is 0. The first-order valence-corrected chi connectivity index (χ1v) is 10.3. The van der Waals surface area contributed by atoms with Crippen LogP contribution in [0.2, 0.25) is 0 Å². The summed E-state index contributed by atoms with van der Waals surface area (Å²) in [6.45, 7) is 6.53. The second-order valence-corrected chi connectivity index (χ2v) is 6.85. The van der Waals surface area contributed by atoms with Gasteiger partial charge in [-0.1, -0.05) is 74.2 Å². The molecule has 0 bridgehead atoms. The van der Waals surface area contributed by atoms with Crippen LogP contribution in [0.4, 0.5) is 5.95 Å². The largest absolute Gasteiger partial charge is 0.351 e. The van der Waals surface area contributed by atoms with E-state index in [4.69, 9.17) is 0 Å². The lowest BCUT2D eigenvalue weighted by Gasteiger charge is -2.12. The summed E-state index contributed by atoms with van der Waals surface area (Å²) >= 11 is 0. The molecule has 2 aromatic heterocycles. The van der Waals surface area contributed by atoms with E-state index < -0.39 is 0 Å². The molecule has 0 saturated heterocycles. The predicted molar refractivity (Wildman–Crippen MR) is 125 cm³/mol. The van der Waals surface area contributed by atoms with Crippen LogP contribution < -0.4 is 5.32 Å². The molecule has 4 heteroatoms. The van der Waals surface area contributed by atoms with Crippen LogP contribution in [0.5, 0.6) is 0 Å². The molecule has 0 spiro atoms. The number of aryl methyl sites for hydroxylation is 1. The first-order valence-electron chi connectivity index (χ1n) is 10.3. The van der Waals surface area contributed by atoms with Crippen LogP contribution in [-0.4, -0.2) is 21.5 Å². The lowest BCUT2D eigenvalue weighted by Crippen LogP contribution is -2.04. The van der Waals surface area contributed by atoms with Crippen molar-refractivity contribution in [3.63, 3.8) is 0 Å². The number of rotatable bonds is 10. The second-order valence-electron chi connectivity index (χ2n) is 6.85. The fraction of sp³-hybridized carbons (Fsp3) is 0.192. The van der Waals surface area contributed by atoms with Crippen LogP contribution >= 0.6 is 0 Å². The Labute approximate surface area is 179 Å². The second kappa shape index (κ2) is 11.5. The van der Waals surface area contributed by atoms with Crippen molar-refractivity contribution in [2.24, 2.45) is 0 Å². The highest BCUT2D eigenvalue weighted by Gasteiger charge is 2.10. The van der Waals surface area contributed by atoms with Crippen molar-refractivity contribution in [3.8, 4) is 11.1 Å². The average molecular weight is 397 g/mol. The molecule has 1 aromatic carbocycles. The van der Waals surface area contributed by atoms with Crippen LogP contribution in [0.1, 0.15) is 30.2 Å². The number of hydrogen-bond acceptors (Lipinski definition) is 4. The third-order valence-electron chi connectivity index (χ3n) is 4.74. The molecule has 30 heavy (non-hydrogen) atoms. The van der Waals surface area contributed by atoms with E-state index in [-0.39, 0.29) is 0 Å². The number of benzene rings is 1. The molecule has 2 heterocycles. The van der Waals surface area contributed by atoms with E-state index in [0.717, 1.165) is 24.1 Å². The minimum Gasteiger partial charge on any atom is -0.351 e. The van der Waals surface area contributed by atoms with E-state index in [9.17, 15) is 0 Å². The highest BCUT2D eigenvalue weighted by atomic mass is 15.1. The van der Waals surface area contributed by atoms with Crippen LogP contribution in [-0.2, 0) is 12.8 Å². The molecule has 0 amide bonds. The molecule has 4 nitrogen and oxygen atoms in total. The van der Waals surface area contributed by atoms with E-state index in [1.165, 1.54) is 16.7 Å². The summed E-state index contributed by atoms with van der Waals surface area (Å²) in [5.41, 5.74) is 5.83. The summed E-state index contributed by atoms with van der Waals surface area (Å²) in [6, 6.07) is 12.7. The van der Waals surface area contributed by atoms with Crippen molar-refractivity contribution >= 4 is 5.95 Å². The van der Waals surface area contributed by atoms with Gasteiger partial charge in [0.15, 0.2) is 0 Å². The summed E-state index contributed by atoms with van der Waals surface area (Å²) in [5, 5.41) is 3.21. The molecular weight excluding hydrogens is 368 g/mol. The van der Waals surface area contributed by atoms with Crippen LogP contribution in [0.15, 0.2) is 91.9 Å². The van der Waals surface area contributed by atoms with Gasteiger partial charge in [0.2, 0.25) is 5.95 Å². The van der Waals surface area contributed by atoms with Gasteiger partial charge in [0.25, 0.3) is 0 Å². The van der Waals surface area contributed by atoms with Crippen molar-refractivity contribution in [1.82, 2.24) is 15.0 Å². The third kappa shape index (κ3) is 5.98. The minimum absolute atomic E-state index is 0.627. The van der Waals surface area contributed by atoms with Crippen LogP contribution in [0.25, 0.3) is 11.1 Å². The number of pyridine rings is 1. The van der Waals surface area contributed by atoms with Gasteiger partial charge < -0.3 is 5.32 Å². The molecular formula is C26H28N4. The van der Waals surface area contributed by atoms with Gasteiger partial charge in [0.1, 0.15) is 0 Å². The first kappa shape index (κ1) is 21.2. The van der Waals surface area contributed by atoms with Crippen molar-refractivity contribution < 1.29 is 0 Å². The SMILES string of the molecule is C=C/C=C\C/C=C/CNc1ncc(Cc2ncccc2-c2ccccc2CC)cn1. The molecule has 0 atom stereocenters. The lowest BCUT2D eigenvalue weighted by molar-refractivity contribution is 1.02. The molecule has 0 saturated carbocycles. The van der Waals surface area contributed by atoms with Crippen molar-refractivity contribution in [1.29, 1.82) is 0 Å². The third-order valence-corrected chi connectivity index (χ3v) is 4.74. The number of anilines is 1. The van der Waals surface area contributed by atoms with Gasteiger partial charge in [-0.15, -0.1) is 0 Å². The smallest absolute Gasteiger partial charge is 0.222 e. The Morgan fingerprint density at radius 2 is 1.73 bits per heavy atom. The molecule has 0 aliphatic carbocycles. The highest BCUT2D eigenvalue weighted by molar-refractivity contribution is 5.69. The van der Waals surface area contributed by atoms with Gasteiger partial charge in [-0.2, -0.15) is 0 Å². The zero-order chi connectivity index (χ0) is 21.0. The van der Waals surface area contributed by atoms with Crippen molar-refractivity contribution in [3.05, 3.63) is 109 Å². The fourth-order valence-corrected chi connectivity index (χ4v) is 3.23. The molecule has 0 aliphatic heterocycles. The molecule has 0 fully saturated rings. The Kier molecular flexibility index (Phi) is 8.10. The van der Waals surface area contributed by atoms with Crippen molar-refractivity contribution in [2.45, 2.75) is 26.2 Å². The molecule has 0 unspecified atom stereocenters. The number of nitrogens with zero attached hydrogens (tertiary/aromatic N) is 3. The number of allylic oxidation sites excluding steroid dienone is 4. The Hall–Kier alpha value is -3.53. The highest BCUT2D eigenvalue weighted by Crippen LogP contribution is 2.27. The fourth-order valence-electron chi connectivity index (χ4n) is 3.23. The van der Waals surface area contributed by atoms with E-state index in [2.05, 4.69) is 82.3 Å². The Bertz CT molecular complexity index is 1000. The molecule has 0 aliphatic rings. The van der Waals surface area contributed by atoms with Crippen molar-refractivity contribution in [2.75, 3.05) is 11.9 Å². The Morgan fingerprint density at radius 3 is 2.53 bits per heavy atom. The number of aromatic nitrogens is 3. The van der Waals surface area contributed by atoms with Gasteiger partial charge in [0.05, 0.1) is 5.69 Å². The maximum Gasteiger partial charge on any atom is 0.222 e. The van der Waals surface area contributed by atoms with E-state index in [1.54, 1.807) is 6.08 Å². The number of hydrogen-bond donors (Lipinski definition) is 1. The molecule has 3 rings (SSSR count). The van der Waals surface area contributed by atoms with Gasteiger partial charge in [-0.05, 0) is 35.6 Å². The zero-order valence-electron chi connectivity index (χ0n) is 17.5. The normalized spacial score (nSPS) is 11.2. The molecule has 0 radical (unpaired) electrons. The van der Waals surface area contributed by atoms with Gasteiger partial charge in [-0.3, -0.25) is 4.98 Å². The maximum absolute atomic E-state index is 4.65. The summed E-state index contributed by atoms with van der Waals surface area (Å²) in [6.07, 6.45) is 18.1. The van der Waals surface area contributed by atoms with Gasteiger partial charge in [-0.25, -0.2) is 9.97 Å².